The Bertz CT molecular complexity index is 626. The molecule has 0 aliphatic heterocycles. The normalized spacial score (nSPS) is 15.9. The third kappa shape index (κ3) is 6.83. The number of hydrogen-bond donors (Lipinski definition) is 2. The zero-order chi connectivity index (χ0) is 19.7. The van der Waals surface area contributed by atoms with E-state index in [9.17, 15) is 4.79 Å². The monoisotopic (exact) mass is 502 g/mol. The second kappa shape index (κ2) is 12.1. The summed E-state index contributed by atoms with van der Waals surface area (Å²) in [5, 5.41) is 6.74. The number of amides is 1. The molecule has 0 radical (unpaired) electrons. The van der Waals surface area contributed by atoms with E-state index >= 15 is 0 Å². The van der Waals surface area contributed by atoms with E-state index in [1.165, 1.54) is 24.8 Å². The maximum Gasteiger partial charge on any atom is 0.243 e. The summed E-state index contributed by atoms with van der Waals surface area (Å²) >= 11 is 0. The Morgan fingerprint density at radius 1 is 1.14 bits per heavy atom. The Hall–Kier alpha value is -1.51. The van der Waals surface area contributed by atoms with Crippen LogP contribution in [0.5, 0.6) is 5.75 Å². The lowest BCUT2D eigenvalue weighted by Crippen LogP contribution is -2.47. The van der Waals surface area contributed by atoms with Gasteiger partial charge in [-0.25, -0.2) is 4.99 Å². The van der Waals surface area contributed by atoms with Crippen LogP contribution in [-0.4, -0.2) is 57.6 Å². The Kier molecular flexibility index (Phi) is 10.6. The van der Waals surface area contributed by atoms with Crippen molar-refractivity contribution in [2.75, 3.05) is 40.8 Å². The third-order valence-corrected chi connectivity index (χ3v) is 5.32. The number of carbonyl (C=O) groups is 1. The van der Waals surface area contributed by atoms with Crippen molar-refractivity contribution in [1.29, 1.82) is 0 Å². The first-order valence-electron chi connectivity index (χ1n) is 9.87. The Morgan fingerprint density at radius 2 is 1.79 bits per heavy atom. The second-order valence-electron chi connectivity index (χ2n) is 7.41. The van der Waals surface area contributed by atoms with Crippen molar-refractivity contribution in [3.8, 4) is 5.75 Å². The van der Waals surface area contributed by atoms with Gasteiger partial charge in [-0.05, 0) is 37.5 Å². The highest BCUT2D eigenvalue weighted by atomic mass is 127. The summed E-state index contributed by atoms with van der Waals surface area (Å²) in [6, 6.07) is 8.46. The van der Waals surface area contributed by atoms with Crippen molar-refractivity contribution in [2.24, 2.45) is 4.99 Å². The van der Waals surface area contributed by atoms with Gasteiger partial charge in [-0.1, -0.05) is 31.4 Å². The van der Waals surface area contributed by atoms with Crippen LogP contribution >= 0.6 is 24.0 Å². The van der Waals surface area contributed by atoms with Crippen molar-refractivity contribution in [2.45, 2.75) is 44.4 Å². The van der Waals surface area contributed by atoms with E-state index in [4.69, 9.17) is 4.74 Å². The molecule has 0 unspecified atom stereocenters. The predicted octanol–water partition coefficient (Wildman–Crippen LogP) is 3.16. The van der Waals surface area contributed by atoms with Crippen molar-refractivity contribution in [1.82, 2.24) is 15.5 Å². The number of nitrogens with one attached hydrogen (secondary N) is 2. The highest BCUT2D eigenvalue weighted by Crippen LogP contribution is 2.39. The summed E-state index contributed by atoms with van der Waals surface area (Å²) in [6.07, 6.45) is 6.08. The van der Waals surface area contributed by atoms with Crippen LogP contribution in [-0.2, 0) is 10.2 Å². The molecule has 1 aliphatic carbocycles. The Balaban J connectivity index is 0.00000392. The summed E-state index contributed by atoms with van der Waals surface area (Å²) in [5.41, 5.74) is 1.43. The fourth-order valence-electron chi connectivity index (χ4n) is 3.62. The van der Waals surface area contributed by atoms with Gasteiger partial charge in [0.1, 0.15) is 12.3 Å². The van der Waals surface area contributed by atoms with Crippen LogP contribution in [0.25, 0.3) is 0 Å². The minimum absolute atomic E-state index is 0. The van der Waals surface area contributed by atoms with E-state index in [0.29, 0.717) is 5.96 Å². The summed E-state index contributed by atoms with van der Waals surface area (Å²) in [7, 11) is 5.19. The first-order chi connectivity index (χ1) is 13.0. The predicted molar refractivity (Wildman–Crippen MR) is 126 cm³/mol. The molecule has 1 amide bonds. The first kappa shape index (κ1) is 24.5. The molecule has 6 nitrogen and oxygen atoms in total. The largest absolute Gasteiger partial charge is 0.497 e. The van der Waals surface area contributed by atoms with Crippen LogP contribution in [0.1, 0.15) is 44.6 Å². The number of hydrogen-bond acceptors (Lipinski definition) is 3. The second-order valence-corrected chi connectivity index (χ2v) is 7.41. The lowest BCUT2D eigenvalue weighted by Gasteiger charge is -2.38. The van der Waals surface area contributed by atoms with Crippen LogP contribution < -0.4 is 15.4 Å². The standard InChI is InChI=1S/C21H34N4O2.HI/c1-5-22-20(23-15-19(26)25(2)3)24-16-21(13-7-6-8-14-21)17-9-11-18(27-4)12-10-17;/h9-12H,5-8,13-16H2,1-4H3,(H2,22,23,24);1H. The molecule has 28 heavy (non-hydrogen) atoms. The van der Waals surface area contributed by atoms with Gasteiger partial charge in [0.05, 0.1) is 7.11 Å². The highest BCUT2D eigenvalue weighted by Gasteiger charge is 2.34. The average molecular weight is 502 g/mol. The molecule has 1 aromatic carbocycles. The quantitative estimate of drug-likeness (QED) is 0.342. The van der Waals surface area contributed by atoms with Gasteiger partial charge in [-0.3, -0.25) is 4.79 Å². The fourth-order valence-corrected chi connectivity index (χ4v) is 3.62. The van der Waals surface area contributed by atoms with Gasteiger partial charge in [0.25, 0.3) is 0 Å². The molecule has 1 aromatic rings. The summed E-state index contributed by atoms with van der Waals surface area (Å²) in [6.45, 7) is 3.75. The summed E-state index contributed by atoms with van der Waals surface area (Å²) in [4.78, 5) is 17.9. The van der Waals surface area contributed by atoms with Gasteiger partial charge in [0.2, 0.25) is 5.91 Å². The number of rotatable bonds is 7. The van der Waals surface area contributed by atoms with Crippen molar-refractivity contribution in [3.05, 3.63) is 29.8 Å². The summed E-state index contributed by atoms with van der Waals surface area (Å²) in [5.74, 6) is 1.58. The van der Waals surface area contributed by atoms with E-state index in [-0.39, 0.29) is 41.8 Å². The minimum Gasteiger partial charge on any atom is -0.497 e. The SMILES string of the molecule is CCNC(=NCC(=O)N(C)C)NCC1(c2ccc(OC)cc2)CCCCC1.I. The molecule has 158 valence electrons. The molecule has 0 heterocycles. The zero-order valence-electron chi connectivity index (χ0n) is 17.6. The number of halogens is 1. The number of carbonyl (C=O) groups excluding carboxylic acids is 1. The molecule has 0 bridgehead atoms. The smallest absolute Gasteiger partial charge is 0.243 e. The molecule has 1 saturated carbocycles. The maximum atomic E-state index is 11.9. The number of nitrogens with zero attached hydrogens (tertiary/aromatic N) is 2. The molecular weight excluding hydrogens is 467 g/mol. The van der Waals surface area contributed by atoms with Crippen LogP contribution in [0.2, 0.25) is 0 Å². The lowest BCUT2D eigenvalue weighted by atomic mass is 9.69. The molecule has 7 heteroatoms. The highest BCUT2D eigenvalue weighted by molar-refractivity contribution is 14.0. The van der Waals surface area contributed by atoms with Crippen LogP contribution in [0, 0.1) is 0 Å². The number of benzene rings is 1. The number of methoxy groups -OCH3 is 1. The number of guanidine groups is 1. The van der Waals surface area contributed by atoms with E-state index in [2.05, 4.69) is 27.8 Å². The van der Waals surface area contributed by atoms with Crippen molar-refractivity contribution < 1.29 is 9.53 Å². The minimum atomic E-state index is -0.00487. The van der Waals surface area contributed by atoms with E-state index in [1.54, 1.807) is 26.1 Å². The molecule has 2 N–H and O–H groups in total. The van der Waals surface area contributed by atoms with Gasteiger partial charge in [-0.2, -0.15) is 0 Å². The van der Waals surface area contributed by atoms with Crippen LogP contribution in [0.3, 0.4) is 0 Å². The Morgan fingerprint density at radius 3 is 2.32 bits per heavy atom. The third-order valence-electron chi connectivity index (χ3n) is 5.32. The lowest BCUT2D eigenvalue weighted by molar-refractivity contribution is -0.127. The molecule has 1 fully saturated rings. The zero-order valence-corrected chi connectivity index (χ0v) is 19.9. The van der Waals surface area contributed by atoms with Crippen LogP contribution in [0.15, 0.2) is 29.3 Å². The van der Waals surface area contributed by atoms with Crippen molar-refractivity contribution >= 4 is 35.8 Å². The van der Waals surface area contributed by atoms with E-state index in [0.717, 1.165) is 31.7 Å². The first-order valence-corrected chi connectivity index (χ1v) is 9.87. The van der Waals surface area contributed by atoms with Gasteiger partial charge in [0.15, 0.2) is 5.96 Å². The molecule has 0 aromatic heterocycles. The fraction of sp³-hybridized carbons (Fsp3) is 0.619. The average Bonchev–Trinajstić information content (AvgIpc) is 2.70. The van der Waals surface area contributed by atoms with Gasteiger partial charge < -0.3 is 20.3 Å². The Labute approximate surface area is 186 Å². The maximum absolute atomic E-state index is 11.9. The van der Waals surface area contributed by atoms with Crippen LogP contribution in [0.4, 0.5) is 0 Å². The van der Waals surface area contributed by atoms with E-state index < -0.39 is 0 Å². The van der Waals surface area contributed by atoms with Gasteiger partial charge in [0, 0.05) is 32.6 Å². The van der Waals surface area contributed by atoms with E-state index in [1.807, 2.05) is 19.1 Å². The molecule has 0 spiro atoms. The molecule has 2 rings (SSSR count). The molecule has 0 atom stereocenters. The summed E-state index contributed by atoms with van der Waals surface area (Å²) < 4.78 is 5.31. The van der Waals surface area contributed by atoms with Gasteiger partial charge >= 0.3 is 0 Å². The molecule has 1 aliphatic rings. The molecular formula is C21H35IN4O2. The van der Waals surface area contributed by atoms with Gasteiger partial charge in [-0.15, -0.1) is 24.0 Å². The van der Waals surface area contributed by atoms with Crippen molar-refractivity contribution in [3.63, 3.8) is 0 Å². The topological polar surface area (TPSA) is 66.0 Å². The number of aliphatic imine (C=N–C) groups is 1. The number of ether oxygens (including phenoxy) is 1. The molecule has 0 saturated heterocycles. The number of likely N-dealkylation sites (N-methyl/N-ethyl adjacent to an activating group) is 1.